The van der Waals surface area contributed by atoms with Crippen molar-refractivity contribution < 1.29 is 9.50 Å². The van der Waals surface area contributed by atoms with Crippen molar-refractivity contribution in [1.29, 1.82) is 0 Å². The van der Waals surface area contributed by atoms with Crippen LogP contribution in [0.4, 0.5) is 10.3 Å². The highest BCUT2D eigenvalue weighted by Crippen LogP contribution is 2.39. The molecule has 8 heteroatoms. The molecule has 7 nitrogen and oxygen atoms in total. The van der Waals surface area contributed by atoms with Crippen LogP contribution in [0, 0.1) is 0 Å². The molecule has 4 atom stereocenters. The summed E-state index contributed by atoms with van der Waals surface area (Å²) in [5.74, 6) is 0.477. The molecule has 0 saturated carbocycles. The molecule has 3 aromatic rings. The van der Waals surface area contributed by atoms with Crippen LogP contribution in [0.1, 0.15) is 26.2 Å². The minimum atomic E-state index is -0.975. The molecule has 4 heterocycles. The maximum Gasteiger partial charge on any atom is 0.245 e. The van der Waals surface area contributed by atoms with Gasteiger partial charge in [0, 0.05) is 42.0 Å². The second kappa shape index (κ2) is 6.59. The molecule has 29 heavy (non-hydrogen) atoms. The van der Waals surface area contributed by atoms with Gasteiger partial charge in [0.2, 0.25) is 5.95 Å². The van der Waals surface area contributed by atoms with Gasteiger partial charge in [0.05, 0.1) is 12.2 Å². The molecule has 2 saturated heterocycles. The summed E-state index contributed by atoms with van der Waals surface area (Å²) in [6, 6.07) is 4.96. The molecule has 0 amide bonds. The van der Waals surface area contributed by atoms with E-state index < -0.39 is 6.17 Å². The standard InChI is InChI=1S/C21H23FN6O/c1-21-5-3-15(25-21)19(22)17(9-21)28(2)20-24-11-16(26-27-20)14-7-12-4-6-23-10-13(12)8-18(14)29/h4,6-8,10-11,15,17,19,25,29H,3,5,9H2,1-2H3/t15?,17-,19+,21-/m0/s1. The molecule has 1 aromatic carbocycles. The van der Waals surface area contributed by atoms with E-state index in [9.17, 15) is 9.50 Å². The molecule has 2 bridgehead atoms. The average molecular weight is 394 g/mol. The number of rotatable bonds is 3. The highest BCUT2D eigenvalue weighted by molar-refractivity contribution is 5.89. The van der Waals surface area contributed by atoms with Crippen LogP contribution >= 0.6 is 0 Å². The minimum Gasteiger partial charge on any atom is -0.507 e. The van der Waals surface area contributed by atoms with E-state index in [4.69, 9.17) is 0 Å². The van der Waals surface area contributed by atoms with Gasteiger partial charge in [0.1, 0.15) is 17.6 Å². The molecular weight excluding hydrogens is 371 g/mol. The first-order valence-corrected chi connectivity index (χ1v) is 9.85. The number of phenolic OH excluding ortho intramolecular Hbond substituents is 1. The van der Waals surface area contributed by atoms with Gasteiger partial charge in [0.25, 0.3) is 0 Å². The Morgan fingerprint density at radius 1 is 1.24 bits per heavy atom. The number of fused-ring (bicyclic) bond motifs is 3. The summed E-state index contributed by atoms with van der Waals surface area (Å²) < 4.78 is 15.0. The smallest absolute Gasteiger partial charge is 0.245 e. The fraction of sp³-hybridized carbons (Fsp3) is 0.429. The number of aromatic nitrogens is 4. The Labute approximate surface area is 168 Å². The molecule has 2 aliphatic heterocycles. The van der Waals surface area contributed by atoms with Gasteiger partial charge in [-0.3, -0.25) is 4.98 Å². The summed E-state index contributed by atoms with van der Waals surface area (Å²) in [6.45, 7) is 2.15. The van der Waals surface area contributed by atoms with Crippen LogP contribution in [0.15, 0.2) is 36.8 Å². The van der Waals surface area contributed by atoms with Crippen LogP contribution in [-0.2, 0) is 0 Å². The third-order valence-electron chi connectivity index (χ3n) is 6.35. The zero-order valence-corrected chi connectivity index (χ0v) is 16.4. The molecule has 150 valence electrons. The minimum absolute atomic E-state index is 0.0364. The lowest BCUT2D eigenvalue weighted by Crippen LogP contribution is -2.60. The number of hydrogen-bond acceptors (Lipinski definition) is 7. The lowest BCUT2D eigenvalue weighted by Gasteiger charge is -2.42. The fourth-order valence-corrected chi connectivity index (χ4v) is 4.69. The van der Waals surface area contributed by atoms with Crippen molar-refractivity contribution in [3.05, 3.63) is 36.8 Å². The summed E-state index contributed by atoms with van der Waals surface area (Å²) in [7, 11) is 1.82. The van der Waals surface area contributed by atoms with Gasteiger partial charge < -0.3 is 15.3 Å². The Morgan fingerprint density at radius 2 is 2.10 bits per heavy atom. The SMILES string of the molecule is CN(c1ncc(-c2cc3ccncc3cc2O)nn1)[C@H]1C[C@]2(C)CCC(N2)[C@H]1F. The van der Waals surface area contributed by atoms with Crippen molar-refractivity contribution in [2.75, 3.05) is 11.9 Å². The number of nitrogens with zero attached hydrogens (tertiary/aromatic N) is 5. The molecule has 2 aliphatic rings. The van der Waals surface area contributed by atoms with Crippen LogP contribution in [0.3, 0.4) is 0 Å². The van der Waals surface area contributed by atoms with Gasteiger partial charge in [-0.15, -0.1) is 10.2 Å². The van der Waals surface area contributed by atoms with E-state index in [0.29, 0.717) is 23.6 Å². The van der Waals surface area contributed by atoms with Crippen molar-refractivity contribution in [3.8, 4) is 17.0 Å². The molecule has 0 aliphatic carbocycles. The highest BCUT2D eigenvalue weighted by atomic mass is 19.1. The number of phenols is 1. The Morgan fingerprint density at radius 3 is 2.90 bits per heavy atom. The lowest BCUT2D eigenvalue weighted by molar-refractivity contribution is 0.143. The first kappa shape index (κ1) is 18.2. The zero-order valence-electron chi connectivity index (χ0n) is 16.4. The monoisotopic (exact) mass is 394 g/mol. The number of halogens is 1. The predicted octanol–water partition coefficient (Wildman–Crippen LogP) is 2.85. The first-order chi connectivity index (χ1) is 13.9. The van der Waals surface area contributed by atoms with Crippen LogP contribution < -0.4 is 10.2 Å². The summed E-state index contributed by atoms with van der Waals surface area (Å²) in [5.41, 5.74) is 0.979. The van der Waals surface area contributed by atoms with Crippen LogP contribution in [0.2, 0.25) is 0 Å². The predicted molar refractivity (Wildman–Crippen MR) is 108 cm³/mol. The number of aromatic hydroxyl groups is 1. The highest BCUT2D eigenvalue weighted by Gasteiger charge is 2.49. The van der Waals surface area contributed by atoms with E-state index in [-0.39, 0.29) is 23.4 Å². The van der Waals surface area contributed by atoms with Crippen molar-refractivity contribution in [1.82, 2.24) is 25.5 Å². The maximum absolute atomic E-state index is 15.0. The van der Waals surface area contributed by atoms with Gasteiger partial charge in [-0.1, -0.05) is 0 Å². The first-order valence-electron chi connectivity index (χ1n) is 9.85. The van der Waals surface area contributed by atoms with Crippen LogP contribution in [-0.4, -0.2) is 56.1 Å². The number of benzene rings is 1. The van der Waals surface area contributed by atoms with Crippen molar-refractivity contribution in [3.63, 3.8) is 0 Å². The topological polar surface area (TPSA) is 87.1 Å². The number of pyridine rings is 1. The quantitative estimate of drug-likeness (QED) is 0.706. The fourth-order valence-electron chi connectivity index (χ4n) is 4.69. The van der Waals surface area contributed by atoms with Crippen LogP contribution in [0.5, 0.6) is 5.75 Å². The molecule has 5 rings (SSSR count). The molecule has 1 unspecified atom stereocenters. The molecule has 0 radical (unpaired) electrons. The second-order valence-electron chi connectivity index (χ2n) is 8.41. The molecule has 2 aromatic heterocycles. The van der Waals surface area contributed by atoms with Crippen molar-refractivity contribution in [2.24, 2.45) is 0 Å². The third kappa shape index (κ3) is 3.07. The molecular formula is C21H23FN6O. The van der Waals surface area contributed by atoms with E-state index in [0.717, 1.165) is 23.6 Å². The Bertz CT molecular complexity index is 1060. The van der Waals surface area contributed by atoms with Crippen molar-refractivity contribution in [2.45, 2.75) is 50.0 Å². The van der Waals surface area contributed by atoms with E-state index in [1.807, 2.05) is 19.2 Å². The average Bonchev–Trinajstić information content (AvgIpc) is 3.07. The van der Waals surface area contributed by atoms with E-state index in [2.05, 4.69) is 32.4 Å². The number of nitrogens with one attached hydrogen (secondary N) is 1. The Hall–Kier alpha value is -2.87. The van der Waals surface area contributed by atoms with Gasteiger partial charge in [-0.2, -0.15) is 0 Å². The summed E-state index contributed by atoms with van der Waals surface area (Å²) in [4.78, 5) is 10.3. The number of piperidine rings is 1. The summed E-state index contributed by atoms with van der Waals surface area (Å²) >= 11 is 0. The van der Waals surface area contributed by atoms with Crippen molar-refractivity contribution >= 4 is 16.7 Å². The van der Waals surface area contributed by atoms with E-state index in [1.54, 1.807) is 29.6 Å². The number of alkyl halides is 1. The lowest BCUT2D eigenvalue weighted by atomic mass is 9.88. The Kier molecular flexibility index (Phi) is 4.13. The largest absolute Gasteiger partial charge is 0.507 e. The van der Waals surface area contributed by atoms with Gasteiger partial charge >= 0.3 is 0 Å². The second-order valence-corrected chi connectivity index (χ2v) is 8.41. The number of hydrogen-bond donors (Lipinski definition) is 2. The summed E-state index contributed by atoms with van der Waals surface area (Å²) in [6.07, 6.45) is 6.54. The Balaban J connectivity index is 1.42. The maximum atomic E-state index is 15.0. The molecule has 0 spiro atoms. The van der Waals surface area contributed by atoms with Gasteiger partial charge in [-0.25, -0.2) is 9.37 Å². The zero-order chi connectivity index (χ0) is 20.2. The number of anilines is 1. The summed E-state index contributed by atoms with van der Waals surface area (Å²) in [5, 5.41) is 24.1. The molecule has 2 N–H and O–H groups in total. The van der Waals surface area contributed by atoms with Gasteiger partial charge in [0.15, 0.2) is 0 Å². The van der Waals surface area contributed by atoms with Crippen LogP contribution in [0.25, 0.3) is 22.0 Å². The van der Waals surface area contributed by atoms with E-state index in [1.165, 1.54) is 0 Å². The molecule has 2 fully saturated rings. The third-order valence-corrected chi connectivity index (χ3v) is 6.35. The van der Waals surface area contributed by atoms with Gasteiger partial charge in [-0.05, 0) is 49.8 Å². The normalized spacial score (nSPS) is 28.6. The van der Waals surface area contributed by atoms with E-state index >= 15 is 0 Å².